The fraction of sp³-hybridized carbons (Fsp3) is 0.188. The number of anilines is 1. The molecule has 2 aromatic rings. The van der Waals surface area contributed by atoms with Gasteiger partial charge >= 0.3 is 0 Å². The number of aryl methyl sites for hydroxylation is 1. The monoisotopic (exact) mass is 250 g/mol. The van der Waals surface area contributed by atoms with Gasteiger partial charge < -0.3 is 9.64 Å². The van der Waals surface area contributed by atoms with Crippen molar-refractivity contribution < 1.29 is 4.74 Å². The molecule has 0 saturated carbocycles. The van der Waals surface area contributed by atoms with Gasteiger partial charge in [0, 0.05) is 18.3 Å². The average molecular weight is 250 g/mol. The SMILES string of the molecule is Cc1cccc(C#Cc2ccc3c(c2)OCN3C)n1. The summed E-state index contributed by atoms with van der Waals surface area (Å²) in [7, 11) is 2.01. The van der Waals surface area contributed by atoms with Crippen molar-refractivity contribution in [2.75, 3.05) is 18.7 Å². The molecule has 1 aromatic heterocycles. The fourth-order valence-electron chi connectivity index (χ4n) is 2.01. The highest BCUT2D eigenvalue weighted by Gasteiger charge is 2.16. The minimum absolute atomic E-state index is 0.603. The number of pyridine rings is 1. The predicted molar refractivity (Wildman–Crippen MR) is 75.3 cm³/mol. The number of hydrogen-bond acceptors (Lipinski definition) is 3. The second-order valence-electron chi connectivity index (χ2n) is 4.57. The molecule has 0 atom stereocenters. The van der Waals surface area contributed by atoms with Gasteiger partial charge in [-0.3, -0.25) is 0 Å². The van der Waals surface area contributed by atoms with Crippen LogP contribution in [0.15, 0.2) is 36.4 Å². The van der Waals surface area contributed by atoms with Crippen LogP contribution in [0.25, 0.3) is 0 Å². The Morgan fingerprint density at radius 3 is 2.95 bits per heavy atom. The topological polar surface area (TPSA) is 25.4 Å². The molecule has 0 amide bonds. The maximum atomic E-state index is 5.57. The zero-order valence-electron chi connectivity index (χ0n) is 11.0. The number of hydrogen-bond donors (Lipinski definition) is 0. The van der Waals surface area contributed by atoms with Crippen LogP contribution in [-0.4, -0.2) is 18.8 Å². The van der Waals surface area contributed by atoms with Crippen molar-refractivity contribution in [1.29, 1.82) is 0 Å². The van der Waals surface area contributed by atoms with E-state index in [2.05, 4.69) is 21.7 Å². The summed E-state index contributed by atoms with van der Waals surface area (Å²) in [5, 5.41) is 0. The van der Waals surface area contributed by atoms with Gasteiger partial charge in [0.1, 0.15) is 11.4 Å². The van der Waals surface area contributed by atoms with Crippen LogP contribution in [0.1, 0.15) is 17.0 Å². The van der Waals surface area contributed by atoms with Crippen LogP contribution in [0.5, 0.6) is 5.75 Å². The lowest BCUT2D eigenvalue weighted by Gasteiger charge is -2.06. The van der Waals surface area contributed by atoms with Crippen molar-refractivity contribution in [2.24, 2.45) is 0 Å². The van der Waals surface area contributed by atoms with Crippen LogP contribution in [0, 0.1) is 18.8 Å². The molecule has 0 saturated heterocycles. The third kappa shape index (κ3) is 2.38. The van der Waals surface area contributed by atoms with Crippen molar-refractivity contribution in [3.8, 4) is 17.6 Å². The van der Waals surface area contributed by atoms with Crippen LogP contribution < -0.4 is 9.64 Å². The molecule has 3 nitrogen and oxygen atoms in total. The Morgan fingerprint density at radius 1 is 1.21 bits per heavy atom. The number of ether oxygens (including phenoxy) is 1. The molecule has 1 aliphatic heterocycles. The molecule has 0 spiro atoms. The average Bonchev–Trinajstić information content (AvgIpc) is 2.78. The first kappa shape index (κ1) is 11.6. The van der Waals surface area contributed by atoms with Crippen LogP contribution in [0.2, 0.25) is 0 Å². The first-order valence-corrected chi connectivity index (χ1v) is 6.16. The minimum Gasteiger partial charge on any atom is -0.471 e. The smallest absolute Gasteiger partial charge is 0.161 e. The maximum absolute atomic E-state index is 5.57. The van der Waals surface area contributed by atoms with Crippen LogP contribution in [0.3, 0.4) is 0 Å². The van der Waals surface area contributed by atoms with Gasteiger partial charge in [-0.15, -0.1) is 0 Å². The van der Waals surface area contributed by atoms with Gasteiger partial charge in [0.05, 0.1) is 5.69 Å². The zero-order valence-corrected chi connectivity index (χ0v) is 11.0. The summed E-state index contributed by atoms with van der Waals surface area (Å²) < 4.78 is 5.57. The summed E-state index contributed by atoms with van der Waals surface area (Å²) in [6, 6.07) is 11.9. The molecule has 0 bridgehead atoms. The Kier molecular flexibility index (Phi) is 2.85. The van der Waals surface area contributed by atoms with Gasteiger partial charge in [0.25, 0.3) is 0 Å². The van der Waals surface area contributed by atoms with Crippen LogP contribution >= 0.6 is 0 Å². The molecule has 0 N–H and O–H groups in total. The molecule has 19 heavy (non-hydrogen) atoms. The largest absolute Gasteiger partial charge is 0.471 e. The zero-order chi connectivity index (χ0) is 13.2. The lowest BCUT2D eigenvalue weighted by Crippen LogP contribution is -2.14. The molecule has 2 heterocycles. The molecule has 0 aliphatic carbocycles. The van der Waals surface area contributed by atoms with E-state index in [1.807, 2.05) is 50.4 Å². The van der Waals surface area contributed by atoms with E-state index in [1.54, 1.807) is 0 Å². The van der Waals surface area contributed by atoms with E-state index in [9.17, 15) is 0 Å². The van der Waals surface area contributed by atoms with Gasteiger partial charge in [-0.25, -0.2) is 4.98 Å². The van der Waals surface area contributed by atoms with E-state index in [0.717, 1.165) is 28.4 Å². The normalized spacial score (nSPS) is 12.4. The third-order valence-electron chi connectivity index (χ3n) is 3.01. The number of aromatic nitrogens is 1. The first-order chi connectivity index (χ1) is 9.22. The molecule has 94 valence electrons. The van der Waals surface area contributed by atoms with Gasteiger partial charge in [0.15, 0.2) is 6.73 Å². The summed E-state index contributed by atoms with van der Waals surface area (Å²) in [6.07, 6.45) is 0. The quantitative estimate of drug-likeness (QED) is 0.672. The minimum atomic E-state index is 0.603. The number of benzene rings is 1. The Balaban J connectivity index is 1.89. The Bertz CT molecular complexity index is 683. The summed E-state index contributed by atoms with van der Waals surface area (Å²) in [5.74, 6) is 7.09. The summed E-state index contributed by atoms with van der Waals surface area (Å²) in [4.78, 5) is 6.42. The van der Waals surface area contributed by atoms with Crippen LogP contribution in [0.4, 0.5) is 5.69 Å². The number of fused-ring (bicyclic) bond motifs is 1. The highest BCUT2D eigenvalue weighted by Crippen LogP contribution is 2.33. The predicted octanol–water partition coefficient (Wildman–Crippen LogP) is 2.58. The van der Waals surface area contributed by atoms with E-state index in [1.165, 1.54) is 0 Å². The Labute approximate surface area is 112 Å². The molecular weight excluding hydrogens is 236 g/mol. The number of rotatable bonds is 0. The van der Waals surface area contributed by atoms with E-state index in [4.69, 9.17) is 4.74 Å². The van der Waals surface area contributed by atoms with E-state index < -0.39 is 0 Å². The Morgan fingerprint density at radius 2 is 2.11 bits per heavy atom. The number of nitrogens with zero attached hydrogens (tertiary/aromatic N) is 2. The van der Waals surface area contributed by atoms with Crippen molar-refractivity contribution in [3.05, 3.63) is 53.3 Å². The van der Waals surface area contributed by atoms with Gasteiger partial charge in [-0.05, 0) is 43.2 Å². The van der Waals surface area contributed by atoms with Crippen molar-refractivity contribution in [3.63, 3.8) is 0 Å². The molecule has 0 fully saturated rings. The standard InChI is InChI=1S/C16H14N2O/c1-12-4-3-5-14(17-12)8-6-13-7-9-15-16(10-13)19-11-18(15)2/h3-5,7,9-10H,11H2,1-2H3. The van der Waals surface area contributed by atoms with Gasteiger partial charge in [-0.1, -0.05) is 12.0 Å². The van der Waals surface area contributed by atoms with Gasteiger partial charge in [-0.2, -0.15) is 0 Å². The van der Waals surface area contributed by atoms with E-state index >= 15 is 0 Å². The van der Waals surface area contributed by atoms with Crippen molar-refractivity contribution in [2.45, 2.75) is 6.92 Å². The second-order valence-corrected chi connectivity index (χ2v) is 4.57. The molecule has 1 aliphatic rings. The van der Waals surface area contributed by atoms with Crippen molar-refractivity contribution >= 4 is 5.69 Å². The lowest BCUT2D eigenvalue weighted by atomic mass is 10.2. The third-order valence-corrected chi connectivity index (χ3v) is 3.01. The molecule has 0 unspecified atom stereocenters. The summed E-state index contributed by atoms with van der Waals surface area (Å²) in [5.41, 5.74) is 3.82. The fourth-order valence-corrected chi connectivity index (χ4v) is 2.01. The first-order valence-electron chi connectivity index (χ1n) is 6.16. The van der Waals surface area contributed by atoms with Gasteiger partial charge in [0.2, 0.25) is 0 Å². The molecule has 3 heteroatoms. The molecule has 0 radical (unpaired) electrons. The Hall–Kier alpha value is -2.47. The highest BCUT2D eigenvalue weighted by molar-refractivity contribution is 5.63. The molecule has 3 rings (SSSR count). The molecule has 1 aromatic carbocycles. The lowest BCUT2D eigenvalue weighted by molar-refractivity contribution is 0.353. The van der Waals surface area contributed by atoms with E-state index in [-0.39, 0.29) is 0 Å². The maximum Gasteiger partial charge on any atom is 0.161 e. The van der Waals surface area contributed by atoms with E-state index in [0.29, 0.717) is 6.73 Å². The summed E-state index contributed by atoms with van der Waals surface area (Å²) in [6.45, 7) is 2.57. The van der Waals surface area contributed by atoms with Crippen LogP contribution in [-0.2, 0) is 0 Å². The highest BCUT2D eigenvalue weighted by atomic mass is 16.5. The van der Waals surface area contributed by atoms with Crippen molar-refractivity contribution in [1.82, 2.24) is 4.98 Å². The molecular formula is C16H14N2O. The second kappa shape index (κ2) is 4.66. The summed E-state index contributed by atoms with van der Waals surface area (Å²) >= 11 is 0.